The first-order chi connectivity index (χ1) is 8.93. The molecule has 1 aromatic carbocycles. The number of hydrogen-bond donors (Lipinski definition) is 1. The Kier molecular flexibility index (Phi) is 3.68. The van der Waals surface area contributed by atoms with E-state index >= 15 is 0 Å². The van der Waals surface area contributed by atoms with Gasteiger partial charge >= 0.3 is 5.97 Å². The Morgan fingerprint density at radius 1 is 1.32 bits per heavy atom. The van der Waals surface area contributed by atoms with Crippen molar-refractivity contribution in [3.8, 4) is 0 Å². The normalized spacial score (nSPS) is 16.5. The second-order valence-electron chi connectivity index (χ2n) is 4.07. The fourth-order valence-corrected chi connectivity index (χ4v) is 3.25. The lowest BCUT2D eigenvalue weighted by Gasteiger charge is -2.22. The number of nitrogens with zero attached hydrogens (tertiary/aromatic N) is 1. The Hall–Kier alpha value is -1.73. The van der Waals surface area contributed by atoms with Crippen LogP contribution in [0.25, 0.3) is 0 Å². The van der Waals surface area contributed by atoms with E-state index in [0.717, 1.165) is 18.2 Å². The van der Waals surface area contributed by atoms with Crippen LogP contribution < -0.4 is 0 Å². The fraction of sp³-hybridized carbons (Fsp3) is 0.250. The monoisotopic (exact) mass is 285 g/mol. The van der Waals surface area contributed by atoms with Gasteiger partial charge in [-0.1, -0.05) is 12.2 Å². The first kappa shape index (κ1) is 13.7. The van der Waals surface area contributed by atoms with Crippen LogP contribution in [-0.2, 0) is 10.0 Å². The molecule has 0 saturated heterocycles. The molecule has 19 heavy (non-hydrogen) atoms. The summed E-state index contributed by atoms with van der Waals surface area (Å²) in [6, 6.07) is 2.79. The van der Waals surface area contributed by atoms with Crippen molar-refractivity contribution in [1.29, 1.82) is 0 Å². The van der Waals surface area contributed by atoms with Gasteiger partial charge < -0.3 is 5.11 Å². The Morgan fingerprint density at radius 2 is 2.05 bits per heavy atom. The Bertz CT molecular complexity index is 639. The Labute approximate surface area is 110 Å². The van der Waals surface area contributed by atoms with E-state index in [0.29, 0.717) is 13.0 Å². The van der Waals surface area contributed by atoms with E-state index in [1.807, 2.05) is 6.08 Å². The highest BCUT2D eigenvalue weighted by Gasteiger charge is 2.26. The smallest absolute Gasteiger partial charge is 0.338 e. The Morgan fingerprint density at radius 3 is 2.63 bits per heavy atom. The predicted molar refractivity (Wildman–Crippen MR) is 65.9 cm³/mol. The molecule has 0 radical (unpaired) electrons. The summed E-state index contributed by atoms with van der Waals surface area (Å²) in [5.41, 5.74) is -0.645. The average Bonchev–Trinajstić information content (AvgIpc) is 2.39. The topological polar surface area (TPSA) is 74.7 Å². The van der Waals surface area contributed by atoms with Crippen molar-refractivity contribution in [2.45, 2.75) is 11.3 Å². The molecule has 1 aliphatic rings. The van der Waals surface area contributed by atoms with Crippen LogP contribution in [0.5, 0.6) is 0 Å². The molecule has 0 aliphatic carbocycles. The lowest BCUT2D eigenvalue weighted by molar-refractivity contribution is 0.0691. The molecule has 1 aliphatic heterocycles. The zero-order chi connectivity index (χ0) is 14.0. The van der Waals surface area contributed by atoms with Gasteiger partial charge in [-0.25, -0.2) is 17.6 Å². The third-order valence-corrected chi connectivity index (χ3v) is 4.69. The van der Waals surface area contributed by atoms with Crippen molar-refractivity contribution in [3.63, 3.8) is 0 Å². The van der Waals surface area contributed by atoms with Crippen molar-refractivity contribution in [2.75, 3.05) is 13.1 Å². The first-order valence-corrected chi connectivity index (χ1v) is 7.05. The highest BCUT2D eigenvalue weighted by molar-refractivity contribution is 7.89. The van der Waals surface area contributed by atoms with E-state index < -0.39 is 27.4 Å². The number of aromatic carboxylic acids is 1. The highest BCUT2D eigenvalue weighted by atomic mass is 32.2. The standard InChI is InChI=1S/C12H12FNO4S/c13-11-5-4-9(8-10(11)12(15)16)19(17,18)14-6-2-1-3-7-14/h1-2,4-5,8H,3,6-7H2,(H,15,16). The molecule has 0 bridgehead atoms. The summed E-state index contributed by atoms with van der Waals surface area (Å²) in [5, 5.41) is 8.81. The number of halogens is 1. The molecule has 0 spiro atoms. The van der Waals surface area contributed by atoms with E-state index in [9.17, 15) is 17.6 Å². The first-order valence-electron chi connectivity index (χ1n) is 5.61. The van der Waals surface area contributed by atoms with Gasteiger partial charge in [0.2, 0.25) is 10.0 Å². The number of sulfonamides is 1. The number of carboxylic acid groups (broad SMARTS) is 1. The van der Waals surface area contributed by atoms with E-state index in [-0.39, 0.29) is 11.4 Å². The zero-order valence-electron chi connectivity index (χ0n) is 9.91. The average molecular weight is 285 g/mol. The number of rotatable bonds is 3. The summed E-state index contributed by atoms with van der Waals surface area (Å²) in [7, 11) is -3.78. The van der Waals surface area contributed by atoms with Crippen LogP contribution in [0.3, 0.4) is 0 Å². The molecule has 0 atom stereocenters. The van der Waals surface area contributed by atoms with Crippen LogP contribution in [-0.4, -0.2) is 36.9 Å². The van der Waals surface area contributed by atoms with Gasteiger partial charge in [0, 0.05) is 13.1 Å². The molecule has 7 heteroatoms. The van der Waals surface area contributed by atoms with Crippen molar-refractivity contribution in [2.24, 2.45) is 0 Å². The van der Waals surface area contributed by atoms with Crippen molar-refractivity contribution in [3.05, 3.63) is 41.7 Å². The van der Waals surface area contributed by atoms with Gasteiger partial charge in [-0.3, -0.25) is 0 Å². The molecule has 0 amide bonds. The lowest BCUT2D eigenvalue weighted by Crippen LogP contribution is -2.33. The van der Waals surface area contributed by atoms with Crippen LogP contribution >= 0.6 is 0 Å². The minimum atomic E-state index is -3.78. The molecule has 1 aromatic rings. The predicted octanol–water partition coefficient (Wildman–Crippen LogP) is 1.47. The molecule has 0 saturated carbocycles. The molecule has 0 fully saturated rings. The van der Waals surface area contributed by atoms with E-state index in [1.165, 1.54) is 4.31 Å². The number of carboxylic acids is 1. The summed E-state index contributed by atoms with van der Waals surface area (Å²) in [6.45, 7) is 0.570. The maximum atomic E-state index is 13.3. The van der Waals surface area contributed by atoms with Gasteiger partial charge in [0.15, 0.2) is 0 Å². The van der Waals surface area contributed by atoms with Crippen molar-refractivity contribution >= 4 is 16.0 Å². The summed E-state index contributed by atoms with van der Waals surface area (Å²) < 4.78 is 39.0. The minimum absolute atomic E-state index is 0.207. The summed E-state index contributed by atoms with van der Waals surface area (Å²) >= 11 is 0. The van der Waals surface area contributed by atoms with Crippen molar-refractivity contribution < 1.29 is 22.7 Å². The maximum absolute atomic E-state index is 13.3. The van der Waals surface area contributed by atoms with E-state index in [4.69, 9.17) is 5.11 Å². The molecular formula is C12H12FNO4S. The van der Waals surface area contributed by atoms with Gasteiger partial charge in [0.05, 0.1) is 10.5 Å². The summed E-state index contributed by atoms with van der Waals surface area (Å²) in [6.07, 6.45) is 4.20. The minimum Gasteiger partial charge on any atom is -0.478 e. The second-order valence-corrected chi connectivity index (χ2v) is 6.01. The van der Waals surface area contributed by atoms with E-state index in [2.05, 4.69) is 0 Å². The molecule has 2 rings (SSSR count). The zero-order valence-corrected chi connectivity index (χ0v) is 10.7. The van der Waals surface area contributed by atoms with Crippen LogP contribution in [0.4, 0.5) is 4.39 Å². The van der Waals surface area contributed by atoms with Crippen molar-refractivity contribution in [1.82, 2.24) is 4.31 Å². The van der Waals surface area contributed by atoms with Gasteiger partial charge in [-0.05, 0) is 24.6 Å². The molecule has 5 nitrogen and oxygen atoms in total. The maximum Gasteiger partial charge on any atom is 0.338 e. The lowest BCUT2D eigenvalue weighted by atomic mass is 10.2. The number of benzene rings is 1. The summed E-state index contributed by atoms with van der Waals surface area (Å²) in [5.74, 6) is -2.45. The third-order valence-electron chi connectivity index (χ3n) is 2.83. The fourth-order valence-electron chi connectivity index (χ4n) is 1.82. The van der Waals surface area contributed by atoms with Crippen LogP contribution in [0, 0.1) is 5.82 Å². The quantitative estimate of drug-likeness (QED) is 0.853. The van der Waals surface area contributed by atoms with Crippen LogP contribution in [0.2, 0.25) is 0 Å². The summed E-state index contributed by atoms with van der Waals surface area (Å²) in [4.78, 5) is 10.6. The molecule has 0 unspecified atom stereocenters. The van der Waals surface area contributed by atoms with Gasteiger partial charge in [-0.2, -0.15) is 4.31 Å². The largest absolute Gasteiger partial charge is 0.478 e. The molecular weight excluding hydrogens is 273 g/mol. The molecule has 1 heterocycles. The van der Waals surface area contributed by atoms with Gasteiger partial charge in [-0.15, -0.1) is 0 Å². The highest BCUT2D eigenvalue weighted by Crippen LogP contribution is 2.20. The van der Waals surface area contributed by atoms with Crippen LogP contribution in [0.15, 0.2) is 35.2 Å². The number of carbonyl (C=O) groups is 1. The second kappa shape index (κ2) is 5.10. The van der Waals surface area contributed by atoms with E-state index in [1.54, 1.807) is 6.08 Å². The Balaban J connectivity index is 2.43. The van der Waals surface area contributed by atoms with Gasteiger partial charge in [0.25, 0.3) is 0 Å². The van der Waals surface area contributed by atoms with Crippen LogP contribution in [0.1, 0.15) is 16.8 Å². The number of hydrogen-bond acceptors (Lipinski definition) is 3. The molecule has 102 valence electrons. The SMILES string of the molecule is O=C(O)c1cc(S(=O)(=O)N2CC=CCC2)ccc1F. The third kappa shape index (κ3) is 2.66. The molecule has 0 aromatic heterocycles. The molecule has 1 N–H and O–H groups in total. The van der Waals surface area contributed by atoms with Gasteiger partial charge in [0.1, 0.15) is 5.82 Å².